The molecule has 1 heterocycles. The quantitative estimate of drug-likeness (QED) is 0.774. The van der Waals surface area contributed by atoms with Crippen LogP contribution in [0, 0.1) is 22.7 Å². The van der Waals surface area contributed by atoms with Crippen LogP contribution in [0.3, 0.4) is 0 Å². The molecule has 1 aromatic carbocycles. The summed E-state index contributed by atoms with van der Waals surface area (Å²) in [6, 6.07) is 7.40. The van der Waals surface area contributed by atoms with Gasteiger partial charge in [-0.1, -0.05) is 11.6 Å². The molecule has 0 aromatic heterocycles. The maximum absolute atomic E-state index is 12.9. The van der Waals surface area contributed by atoms with Gasteiger partial charge in [-0.15, -0.1) is 0 Å². The van der Waals surface area contributed by atoms with E-state index in [4.69, 9.17) is 22.1 Å². The lowest BCUT2D eigenvalue weighted by atomic mass is 10.1. The molecule has 0 radical (unpaired) electrons. The second-order valence-electron chi connectivity index (χ2n) is 4.95. The molecule has 0 aliphatic carbocycles. The maximum Gasteiger partial charge on any atom is 0.417 e. The Kier molecular flexibility index (Phi) is 5.02. The number of anilines is 1. The molecule has 0 saturated carbocycles. The van der Waals surface area contributed by atoms with Gasteiger partial charge >= 0.3 is 6.18 Å². The average Bonchev–Trinajstić information content (AvgIpc) is 2.52. The second kappa shape index (κ2) is 6.80. The first-order chi connectivity index (χ1) is 10.8. The van der Waals surface area contributed by atoms with E-state index >= 15 is 0 Å². The standard InChI is InChI=1S/C15H12ClF3N4/c16-14-2-1-12(7-13(14)15(17,18)19)23-5-3-22(4-6-23)10-11(8-20)9-21/h1-2,7,10H,3-6H2. The van der Waals surface area contributed by atoms with E-state index in [2.05, 4.69) is 0 Å². The van der Waals surface area contributed by atoms with Crippen LogP contribution in [0.2, 0.25) is 5.02 Å². The van der Waals surface area contributed by atoms with Gasteiger partial charge in [-0.05, 0) is 18.2 Å². The molecule has 0 N–H and O–H groups in total. The van der Waals surface area contributed by atoms with Crippen LogP contribution in [0.25, 0.3) is 0 Å². The predicted molar refractivity (Wildman–Crippen MR) is 79.5 cm³/mol. The topological polar surface area (TPSA) is 54.1 Å². The van der Waals surface area contributed by atoms with Crippen LogP contribution in [0.15, 0.2) is 30.0 Å². The second-order valence-corrected chi connectivity index (χ2v) is 5.36. The van der Waals surface area contributed by atoms with Gasteiger partial charge in [-0.2, -0.15) is 23.7 Å². The van der Waals surface area contributed by atoms with Crippen LogP contribution in [0.4, 0.5) is 18.9 Å². The van der Waals surface area contributed by atoms with Crippen LogP contribution >= 0.6 is 11.6 Å². The summed E-state index contributed by atoms with van der Waals surface area (Å²) in [4.78, 5) is 3.62. The third kappa shape index (κ3) is 4.08. The summed E-state index contributed by atoms with van der Waals surface area (Å²) in [5.74, 6) is 0. The van der Waals surface area contributed by atoms with Crippen molar-refractivity contribution in [2.75, 3.05) is 31.1 Å². The van der Waals surface area contributed by atoms with Crippen LogP contribution in [-0.4, -0.2) is 31.1 Å². The van der Waals surface area contributed by atoms with Gasteiger partial charge < -0.3 is 9.80 Å². The Labute approximate surface area is 136 Å². The Morgan fingerprint density at radius 3 is 2.26 bits per heavy atom. The zero-order valence-electron chi connectivity index (χ0n) is 11.9. The summed E-state index contributed by atoms with van der Waals surface area (Å²) < 4.78 is 38.7. The van der Waals surface area contributed by atoms with E-state index in [1.54, 1.807) is 23.1 Å². The number of allylic oxidation sites excluding steroid dienone is 1. The van der Waals surface area contributed by atoms with Gasteiger partial charge in [0.1, 0.15) is 17.7 Å². The van der Waals surface area contributed by atoms with Gasteiger partial charge in [0.2, 0.25) is 0 Å². The van der Waals surface area contributed by atoms with Crippen LogP contribution in [0.1, 0.15) is 5.56 Å². The number of hydrogen-bond donors (Lipinski definition) is 0. The lowest BCUT2D eigenvalue weighted by molar-refractivity contribution is -0.137. The highest BCUT2D eigenvalue weighted by atomic mass is 35.5. The van der Waals surface area contributed by atoms with Crippen LogP contribution < -0.4 is 4.90 Å². The van der Waals surface area contributed by atoms with Crippen molar-refractivity contribution in [1.29, 1.82) is 10.5 Å². The van der Waals surface area contributed by atoms with Crippen molar-refractivity contribution in [2.24, 2.45) is 0 Å². The molecule has 4 nitrogen and oxygen atoms in total. The van der Waals surface area contributed by atoms with Crippen molar-refractivity contribution in [3.63, 3.8) is 0 Å². The molecule has 120 valence electrons. The van der Waals surface area contributed by atoms with Crippen molar-refractivity contribution < 1.29 is 13.2 Å². The van der Waals surface area contributed by atoms with E-state index in [9.17, 15) is 13.2 Å². The monoisotopic (exact) mass is 340 g/mol. The third-order valence-electron chi connectivity index (χ3n) is 3.49. The molecule has 0 amide bonds. The maximum atomic E-state index is 12.9. The fraction of sp³-hybridized carbons (Fsp3) is 0.333. The number of rotatable bonds is 2. The zero-order chi connectivity index (χ0) is 17.0. The number of nitrogens with zero attached hydrogens (tertiary/aromatic N) is 4. The highest BCUT2D eigenvalue weighted by Crippen LogP contribution is 2.37. The molecule has 0 bridgehead atoms. The summed E-state index contributed by atoms with van der Waals surface area (Å²) >= 11 is 5.62. The molecule has 1 aliphatic rings. The third-order valence-corrected chi connectivity index (χ3v) is 3.82. The first kappa shape index (κ1) is 17.0. The highest BCUT2D eigenvalue weighted by molar-refractivity contribution is 6.31. The fourth-order valence-corrected chi connectivity index (χ4v) is 2.53. The summed E-state index contributed by atoms with van der Waals surface area (Å²) in [6.45, 7) is 1.99. The van der Waals surface area contributed by atoms with Gasteiger partial charge in [0.05, 0.1) is 10.6 Å². The molecule has 2 rings (SSSR count). The summed E-state index contributed by atoms with van der Waals surface area (Å²) in [7, 11) is 0. The van der Waals surface area contributed by atoms with Crippen LogP contribution in [-0.2, 0) is 6.18 Å². The van der Waals surface area contributed by atoms with E-state index in [0.29, 0.717) is 31.9 Å². The van der Waals surface area contributed by atoms with Gasteiger partial charge in [0.25, 0.3) is 0 Å². The van der Waals surface area contributed by atoms with Crippen LogP contribution in [0.5, 0.6) is 0 Å². The van der Waals surface area contributed by atoms with Gasteiger partial charge in [0, 0.05) is 38.1 Å². The number of alkyl halides is 3. The highest BCUT2D eigenvalue weighted by Gasteiger charge is 2.34. The molecule has 23 heavy (non-hydrogen) atoms. The van der Waals surface area contributed by atoms with Gasteiger partial charge in [0.15, 0.2) is 0 Å². The molecular formula is C15H12ClF3N4. The van der Waals surface area contributed by atoms with E-state index in [1.165, 1.54) is 12.3 Å². The molecule has 0 atom stereocenters. The number of halogens is 4. The number of nitriles is 2. The minimum Gasteiger partial charge on any atom is -0.372 e. The molecule has 1 saturated heterocycles. The first-order valence-electron chi connectivity index (χ1n) is 6.73. The summed E-state index contributed by atoms with van der Waals surface area (Å²) in [6.07, 6.45) is -3.02. The molecular weight excluding hydrogens is 329 g/mol. The molecule has 8 heteroatoms. The predicted octanol–water partition coefficient (Wildman–Crippen LogP) is 3.41. The van der Waals surface area contributed by atoms with Crippen molar-refractivity contribution >= 4 is 17.3 Å². The first-order valence-corrected chi connectivity index (χ1v) is 7.10. The summed E-state index contributed by atoms with van der Waals surface area (Å²) in [5.41, 5.74) is -0.398. The van der Waals surface area contributed by atoms with E-state index in [-0.39, 0.29) is 10.6 Å². The fourth-order valence-electron chi connectivity index (χ4n) is 2.30. The smallest absolute Gasteiger partial charge is 0.372 e. The van der Waals surface area contributed by atoms with Crippen molar-refractivity contribution in [2.45, 2.75) is 6.18 Å². The Morgan fingerprint density at radius 2 is 1.74 bits per heavy atom. The van der Waals surface area contributed by atoms with E-state index in [0.717, 1.165) is 6.07 Å². The number of hydrogen-bond acceptors (Lipinski definition) is 4. The SMILES string of the molecule is N#CC(C#N)=CN1CCN(c2ccc(Cl)c(C(F)(F)F)c2)CC1. The number of piperazine rings is 1. The Bertz CT molecular complexity index is 676. The van der Waals surface area contributed by atoms with E-state index < -0.39 is 11.7 Å². The normalized spacial score (nSPS) is 14.9. The minimum absolute atomic E-state index is 0.00398. The van der Waals surface area contributed by atoms with Crippen molar-refractivity contribution in [1.82, 2.24) is 4.90 Å². The van der Waals surface area contributed by atoms with Gasteiger partial charge in [-0.3, -0.25) is 0 Å². The Balaban J connectivity index is 2.11. The molecule has 1 aliphatic heterocycles. The van der Waals surface area contributed by atoms with Crippen molar-refractivity contribution in [3.05, 3.63) is 40.6 Å². The largest absolute Gasteiger partial charge is 0.417 e. The summed E-state index contributed by atoms with van der Waals surface area (Å²) in [5, 5.41) is 17.1. The molecule has 1 aromatic rings. The Morgan fingerprint density at radius 1 is 1.13 bits per heavy atom. The average molecular weight is 341 g/mol. The molecule has 1 fully saturated rings. The minimum atomic E-state index is -4.49. The number of benzene rings is 1. The van der Waals surface area contributed by atoms with Gasteiger partial charge in [-0.25, -0.2) is 0 Å². The molecule has 0 unspecified atom stereocenters. The van der Waals surface area contributed by atoms with E-state index in [1.807, 2.05) is 4.90 Å². The van der Waals surface area contributed by atoms with Crippen molar-refractivity contribution in [3.8, 4) is 12.1 Å². The Hall–Kier alpha value is -2.38. The lowest BCUT2D eigenvalue weighted by Crippen LogP contribution is -2.44. The lowest BCUT2D eigenvalue weighted by Gasteiger charge is -2.35. The zero-order valence-corrected chi connectivity index (χ0v) is 12.7. The molecule has 0 spiro atoms.